The van der Waals surface area contributed by atoms with Crippen molar-refractivity contribution in [3.8, 4) is 9.75 Å². The minimum absolute atomic E-state index is 1.40. The van der Waals surface area contributed by atoms with Crippen LogP contribution in [0.4, 0.5) is 0 Å². The molecular weight excluding hydrogens is 196 g/mol. The third-order valence-corrected chi connectivity index (χ3v) is 4.44. The minimum atomic E-state index is 1.40. The van der Waals surface area contributed by atoms with E-state index in [-0.39, 0.29) is 0 Å². The van der Waals surface area contributed by atoms with Crippen molar-refractivity contribution in [2.45, 2.75) is 20.8 Å². The summed E-state index contributed by atoms with van der Waals surface area (Å²) in [7, 11) is 0. The van der Waals surface area contributed by atoms with Crippen LogP contribution >= 0.6 is 22.7 Å². The Labute approximate surface area is 86.9 Å². The summed E-state index contributed by atoms with van der Waals surface area (Å²) in [6, 6.07) is 4.45. The predicted octanol–water partition coefficient (Wildman–Crippen LogP) is 4.40. The van der Waals surface area contributed by atoms with Gasteiger partial charge in [-0.3, -0.25) is 0 Å². The first-order chi connectivity index (χ1) is 6.18. The van der Waals surface area contributed by atoms with Crippen LogP contribution in [-0.4, -0.2) is 0 Å². The molecule has 0 N–H and O–H groups in total. The summed E-state index contributed by atoms with van der Waals surface area (Å²) in [6.07, 6.45) is 0. The van der Waals surface area contributed by atoms with Gasteiger partial charge in [0.15, 0.2) is 0 Å². The van der Waals surface area contributed by atoms with Gasteiger partial charge in [0.25, 0.3) is 0 Å². The molecule has 2 aromatic heterocycles. The van der Waals surface area contributed by atoms with E-state index in [1.807, 2.05) is 22.7 Å². The second-order valence-corrected chi connectivity index (χ2v) is 5.47. The Balaban J connectivity index is 2.58. The van der Waals surface area contributed by atoms with Gasteiger partial charge in [-0.1, -0.05) is 0 Å². The summed E-state index contributed by atoms with van der Waals surface area (Å²) >= 11 is 3.74. The third kappa shape index (κ3) is 1.56. The molecular formula is C11H12S2. The maximum absolute atomic E-state index is 2.26. The Morgan fingerprint density at radius 2 is 1.77 bits per heavy atom. The Bertz CT molecular complexity index is 421. The SMILES string of the molecule is Cc1cc(C)c(-c2sccc2C)s1. The topological polar surface area (TPSA) is 0 Å². The minimum Gasteiger partial charge on any atom is -0.143 e. The van der Waals surface area contributed by atoms with Crippen LogP contribution in [0.1, 0.15) is 16.0 Å². The quantitative estimate of drug-likeness (QED) is 0.651. The smallest absolute Gasteiger partial charge is 0.0477 e. The molecule has 0 saturated carbocycles. The molecule has 0 aliphatic carbocycles. The van der Waals surface area contributed by atoms with Crippen LogP contribution in [0.3, 0.4) is 0 Å². The molecule has 0 aliphatic heterocycles. The van der Waals surface area contributed by atoms with Crippen molar-refractivity contribution in [3.05, 3.63) is 33.5 Å². The van der Waals surface area contributed by atoms with Crippen LogP contribution in [-0.2, 0) is 0 Å². The first kappa shape index (κ1) is 8.97. The zero-order valence-electron chi connectivity index (χ0n) is 8.05. The highest BCUT2D eigenvalue weighted by molar-refractivity contribution is 7.21. The largest absolute Gasteiger partial charge is 0.143 e. The van der Waals surface area contributed by atoms with Gasteiger partial charge in [0.2, 0.25) is 0 Å². The number of hydrogen-bond donors (Lipinski definition) is 0. The van der Waals surface area contributed by atoms with E-state index in [1.54, 1.807) is 0 Å². The lowest BCUT2D eigenvalue weighted by Gasteiger charge is -1.96. The molecule has 0 spiro atoms. The second-order valence-electron chi connectivity index (χ2n) is 3.30. The van der Waals surface area contributed by atoms with Crippen molar-refractivity contribution in [1.82, 2.24) is 0 Å². The van der Waals surface area contributed by atoms with Crippen molar-refractivity contribution in [2.75, 3.05) is 0 Å². The lowest BCUT2D eigenvalue weighted by atomic mass is 10.2. The zero-order chi connectivity index (χ0) is 9.42. The molecule has 0 amide bonds. The van der Waals surface area contributed by atoms with E-state index in [0.717, 1.165) is 0 Å². The summed E-state index contributed by atoms with van der Waals surface area (Å²) in [6.45, 7) is 6.54. The monoisotopic (exact) mass is 208 g/mol. The summed E-state index contributed by atoms with van der Waals surface area (Å²) in [5.41, 5.74) is 2.81. The van der Waals surface area contributed by atoms with Crippen molar-refractivity contribution >= 4 is 22.7 Å². The Hall–Kier alpha value is -0.600. The highest BCUT2D eigenvalue weighted by Crippen LogP contribution is 2.37. The fourth-order valence-corrected chi connectivity index (χ4v) is 3.70. The molecule has 0 aliphatic rings. The van der Waals surface area contributed by atoms with E-state index >= 15 is 0 Å². The van der Waals surface area contributed by atoms with E-state index in [1.165, 1.54) is 25.8 Å². The van der Waals surface area contributed by atoms with Crippen molar-refractivity contribution < 1.29 is 0 Å². The first-order valence-corrected chi connectivity index (χ1v) is 5.99. The highest BCUT2D eigenvalue weighted by atomic mass is 32.1. The lowest BCUT2D eigenvalue weighted by molar-refractivity contribution is 1.49. The maximum Gasteiger partial charge on any atom is 0.0477 e. The standard InChI is InChI=1S/C11H12S2/c1-7-4-5-12-10(7)11-8(2)6-9(3)13-11/h4-6H,1-3H3. The maximum atomic E-state index is 2.26. The van der Waals surface area contributed by atoms with Gasteiger partial charge in [-0.05, 0) is 49.4 Å². The van der Waals surface area contributed by atoms with Crippen LogP contribution < -0.4 is 0 Å². The summed E-state index contributed by atoms with van der Waals surface area (Å²) in [5, 5.41) is 2.17. The highest BCUT2D eigenvalue weighted by Gasteiger charge is 2.08. The second kappa shape index (κ2) is 3.28. The van der Waals surface area contributed by atoms with Crippen LogP contribution in [0.25, 0.3) is 9.75 Å². The number of rotatable bonds is 1. The van der Waals surface area contributed by atoms with Crippen molar-refractivity contribution in [1.29, 1.82) is 0 Å². The third-order valence-electron chi connectivity index (χ3n) is 2.11. The molecule has 0 nitrogen and oxygen atoms in total. The van der Waals surface area contributed by atoms with Gasteiger partial charge >= 0.3 is 0 Å². The summed E-state index contributed by atoms with van der Waals surface area (Å²) in [4.78, 5) is 4.29. The van der Waals surface area contributed by atoms with Gasteiger partial charge in [-0.15, -0.1) is 22.7 Å². The van der Waals surface area contributed by atoms with E-state index in [4.69, 9.17) is 0 Å². The van der Waals surface area contributed by atoms with Gasteiger partial charge < -0.3 is 0 Å². The molecule has 68 valence electrons. The lowest BCUT2D eigenvalue weighted by Crippen LogP contribution is -1.72. The average molecular weight is 208 g/mol. The van der Waals surface area contributed by atoms with Crippen molar-refractivity contribution in [3.63, 3.8) is 0 Å². The molecule has 0 atom stereocenters. The molecule has 0 unspecified atom stereocenters. The van der Waals surface area contributed by atoms with Crippen molar-refractivity contribution in [2.24, 2.45) is 0 Å². The van der Waals surface area contributed by atoms with Gasteiger partial charge in [-0.2, -0.15) is 0 Å². The Morgan fingerprint density at radius 1 is 1.00 bits per heavy atom. The molecule has 13 heavy (non-hydrogen) atoms. The molecule has 2 heteroatoms. The van der Waals surface area contributed by atoms with Gasteiger partial charge in [-0.25, -0.2) is 0 Å². The van der Waals surface area contributed by atoms with Gasteiger partial charge in [0, 0.05) is 14.6 Å². The molecule has 2 rings (SSSR count). The normalized spacial score (nSPS) is 10.7. The van der Waals surface area contributed by atoms with E-state index < -0.39 is 0 Å². The Morgan fingerprint density at radius 3 is 2.23 bits per heavy atom. The average Bonchev–Trinajstić information content (AvgIpc) is 2.58. The molecule has 0 saturated heterocycles. The Kier molecular flexibility index (Phi) is 2.26. The number of thiophene rings is 2. The van der Waals surface area contributed by atoms with E-state index in [2.05, 4.69) is 38.3 Å². The fraction of sp³-hybridized carbons (Fsp3) is 0.273. The van der Waals surface area contributed by atoms with Crippen LogP contribution in [0.15, 0.2) is 17.5 Å². The molecule has 2 aromatic rings. The van der Waals surface area contributed by atoms with E-state index in [0.29, 0.717) is 0 Å². The van der Waals surface area contributed by atoms with Gasteiger partial charge in [0.05, 0.1) is 0 Å². The molecule has 0 bridgehead atoms. The first-order valence-electron chi connectivity index (χ1n) is 4.30. The molecule has 0 radical (unpaired) electrons. The molecule has 0 aromatic carbocycles. The van der Waals surface area contributed by atoms with Crippen LogP contribution in [0.5, 0.6) is 0 Å². The van der Waals surface area contributed by atoms with Gasteiger partial charge in [0.1, 0.15) is 0 Å². The fourth-order valence-electron chi connectivity index (χ4n) is 1.47. The van der Waals surface area contributed by atoms with Crippen LogP contribution in [0.2, 0.25) is 0 Å². The molecule has 0 fully saturated rings. The van der Waals surface area contributed by atoms with E-state index in [9.17, 15) is 0 Å². The number of aryl methyl sites for hydroxylation is 3. The number of hydrogen-bond acceptors (Lipinski definition) is 2. The van der Waals surface area contributed by atoms with Crippen LogP contribution in [0, 0.1) is 20.8 Å². The summed E-state index contributed by atoms with van der Waals surface area (Å²) in [5.74, 6) is 0. The zero-order valence-corrected chi connectivity index (χ0v) is 9.68. The predicted molar refractivity (Wildman–Crippen MR) is 61.8 cm³/mol. The molecule has 2 heterocycles. The summed E-state index contributed by atoms with van der Waals surface area (Å²) < 4.78 is 0.